The van der Waals surface area contributed by atoms with Crippen molar-refractivity contribution in [1.29, 1.82) is 0 Å². The van der Waals surface area contributed by atoms with Crippen molar-refractivity contribution in [3.63, 3.8) is 0 Å². The molecular weight excluding hydrogens is 208 g/mol. The number of amides is 1. The average molecular weight is 230 g/mol. The standard InChI is InChI=1S/C11H22N2OS/c1-15-9-5-3-2-4-7-13-8-6-10(12)11(13)14/h10H,2-9,12H2,1H3. The molecule has 1 rings (SSSR count). The molecule has 0 aromatic carbocycles. The van der Waals surface area contributed by atoms with E-state index in [1.165, 1.54) is 25.0 Å². The van der Waals surface area contributed by atoms with Crippen LogP contribution >= 0.6 is 11.8 Å². The van der Waals surface area contributed by atoms with Gasteiger partial charge in [0.1, 0.15) is 0 Å². The van der Waals surface area contributed by atoms with Crippen LogP contribution in [-0.2, 0) is 4.79 Å². The molecule has 1 atom stereocenters. The van der Waals surface area contributed by atoms with Gasteiger partial charge in [-0.25, -0.2) is 0 Å². The van der Waals surface area contributed by atoms with Crippen molar-refractivity contribution < 1.29 is 4.79 Å². The molecule has 0 saturated carbocycles. The normalized spacial score (nSPS) is 21.3. The molecule has 1 aliphatic heterocycles. The van der Waals surface area contributed by atoms with Gasteiger partial charge in [0.15, 0.2) is 0 Å². The molecule has 4 heteroatoms. The van der Waals surface area contributed by atoms with Gasteiger partial charge in [0.25, 0.3) is 0 Å². The van der Waals surface area contributed by atoms with Crippen LogP contribution in [0.2, 0.25) is 0 Å². The van der Waals surface area contributed by atoms with E-state index in [0.29, 0.717) is 0 Å². The molecule has 1 aliphatic rings. The Bertz CT molecular complexity index is 199. The van der Waals surface area contributed by atoms with Gasteiger partial charge in [-0.05, 0) is 31.3 Å². The predicted octanol–water partition coefficient (Wildman–Crippen LogP) is 1.47. The van der Waals surface area contributed by atoms with Gasteiger partial charge in [-0.3, -0.25) is 4.79 Å². The van der Waals surface area contributed by atoms with Gasteiger partial charge in [-0.1, -0.05) is 12.8 Å². The lowest BCUT2D eigenvalue weighted by Gasteiger charge is -2.15. The van der Waals surface area contributed by atoms with Gasteiger partial charge in [-0.15, -0.1) is 0 Å². The molecule has 0 radical (unpaired) electrons. The van der Waals surface area contributed by atoms with Gasteiger partial charge in [0, 0.05) is 13.1 Å². The van der Waals surface area contributed by atoms with Crippen LogP contribution < -0.4 is 5.73 Å². The summed E-state index contributed by atoms with van der Waals surface area (Å²) < 4.78 is 0. The second kappa shape index (κ2) is 7.12. The number of thioether (sulfide) groups is 1. The SMILES string of the molecule is CSCCCCCCN1CCC(N)C1=O. The lowest BCUT2D eigenvalue weighted by molar-refractivity contribution is -0.128. The molecule has 88 valence electrons. The molecule has 15 heavy (non-hydrogen) atoms. The van der Waals surface area contributed by atoms with Gasteiger partial charge < -0.3 is 10.6 Å². The Labute approximate surface area is 96.8 Å². The van der Waals surface area contributed by atoms with E-state index < -0.39 is 0 Å². The van der Waals surface area contributed by atoms with E-state index >= 15 is 0 Å². The summed E-state index contributed by atoms with van der Waals surface area (Å²) in [6, 6.07) is -0.221. The fraction of sp³-hybridized carbons (Fsp3) is 0.909. The largest absolute Gasteiger partial charge is 0.341 e. The van der Waals surface area contributed by atoms with E-state index in [9.17, 15) is 4.79 Å². The second-order valence-corrected chi connectivity index (χ2v) is 5.11. The zero-order valence-corrected chi connectivity index (χ0v) is 10.4. The van der Waals surface area contributed by atoms with Crippen molar-refractivity contribution in [2.24, 2.45) is 5.73 Å². The van der Waals surface area contributed by atoms with Crippen LogP contribution in [0, 0.1) is 0 Å². The molecule has 1 unspecified atom stereocenters. The number of hydrogen-bond donors (Lipinski definition) is 1. The predicted molar refractivity (Wildman–Crippen MR) is 66.0 cm³/mol. The molecule has 0 aromatic heterocycles. The molecule has 0 aromatic rings. The quantitative estimate of drug-likeness (QED) is 0.674. The van der Waals surface area contributed by atoms with Gasteiger partial charge in [0.05, 0.1) is 6.04 Å². The monoisotopic (exact) mass is 230 g/mol. The maximum Gasteiger partial charge on any atom is 0.239 e. The smallest absolute Gasteiger partial charge is 0.239 e. The Balaban J connectivity index is 1.98. The fourth-order valence-corrected chi connectivity index (χ4v) is 2.38. The molecule has 1 fully saturated rings. The third kappa shape index (κ3) is 4.43. The first kappa shape index (κ1) is 12.8. The Hall–Kier alpha value is -0.220. The van der Waals surface area contributed by atoms with Crippen LogP contribution in [0.15, 0.2) is 0 Å². The van der Waals surface area contributed by atoms with Crippen LogP contribution in [0.3, 0.4) is 0 Å². The summed E-state index contributed by atoms with van der Waals surface area (Å²) >= 11 is 1.90. The number of nitrogens with two attached hydrogens (primary N) is 1. The van der Waals surface area contributed by atoms with E-state index in [1.807, 2.05) is 16.7 Å². The first-order chi connectivity index (χ1) is 7.25. The maximum atomic E-state index is 11.5. The number of unbranched alkanes of at least 4 members (excludes halogenated alkanes) is 3. The maximum absolute atomic E-state index is 11.5. The molecule has 1 saturated heterocycles. The summed E-state index contributed by atoms with van der Waals surface area (Å²) in [5.41, 5.74) is 5.64. The van der Waals surface area contributed by atoms with Crippen molar-refractivity contribution in [2.45, 2.75) is 38.1 Å². The summed E-state index contributed by atoms with van der Waals surface area (Å²) in [5, 5.41) is 0. The number of rotatable bonds is 7. The number of nitrogens with zero attached hydrogens (tertiary/aromatic N) is 1. The summed E-state index contributed by atoms with van der Waals surface area (Å²) in [4.78, 5) is 13.4. The number of carbonyl (C=O) groups is 1. The van der Waals surface area contributed by atoms with Gasteiger partial charge >= 0.3 is 0 Å². The van der Waals surface area contributed by atoms with E-state index in [-0.39, 0.29) is 11.9 Å². The Morgan fingerprint density at radius 2 is 2.13 bits per heavy atom. The van der Waals surface area contributed by atoms with Crippen molar-refractivity contribution in [1.82, 2.24) is 4.90 Å². The van der Waals surface area contributed by atoms with E-state index in [0.717, 1.165) is 25.9 Å². The minimum atomic E-state index is -0.221. The number of hydrogen-bond acceptors (Lipinski definition) is 3. The second-order valence-electron chi connectivity index (χ2n) is 4.13. The zero-order valence-electron chi connectivity index (χ0n) is 9.58. The van der Waals surface area contributed by atoms with Crippen LogP contribution in [-0.4, -0.2) is 41.9 Å². The molecule has 0 aliphatic carbocycles. The summed E-state index contributed by atoms with van der Waals surface area (Å²) in [7, 11) is 0. The Kier molecular flexibility index (Phi) is 6.10. The Morgan fingerprint density at radius 1 is 1.40 bits per heavy atom. The van der Waals surface area contributed by atoms with Crippen LogP contribution in [0.5, 0.6) is 0 Å². The minimum absolute atomic E-state index is 0.152. The summed E-state index contributed by atoms with van der Waals surface area (Å²) in [6.45, 7) is 1.77. The highest BCUT2D eigenvalue weighted by atomic mass is 32.2. The van der Waals surface area contributed by atoms with Crippen LogP contribution in [0.25, 0.3) is 0 Å². The highest BCUT2D eigenvalue weighted by Crippen LogP contribution is 2.11. The lowest BCUT2D eigenvalue weighted by Crippen LogP contribution is -2.34. The third-order valence-corrected chi connectivity index (χ3v) is 3.56. The van der Waals surface area contributed by atoms with E-state index in [2.05, 4.69) is 6.26 Å². The van der Waals surface area contributed by atoms with E-state index in [4.69, 9.17) is 5.73 Å². The number of likely N-dealkylation sites (tertiary alicyclic amines) is 1. The van der Waals surface area contributed by atoms with E-state index in [1.54, 1.807) is 0 Å². The Morgan fingerprint density at radius 3 is 2.73 bits per heavy atom. The number of carbonyl (C=O) groups excluding carboxylic acids is 1. The fourth-order valence-electron chi connectivity index (χ4n) is 1.89. The minimum Gasteiger partial charge on any atom is -0.341 e. The average Bonchev–Trinajstić information content (AvgIpc) is 2.54. The first-order valence-electron chi connectivity index (χ1n) is 5.79. The van der Waals surface area contributed by atoms with Gasteiger partial charge in [-0.2, -0.15) is 11.8 Å². The van der Waals surface area contributed by atoms with Crippen LogP contribution in [0.4, 0.5) is 0 Å². The third-order valence-electron chi connectivity index (χ3n) is 2.87. The first-order valence-corrected chi connectivity index (χ1v) is 7.18. The molecule has 1 amide bonds. The topological polar surface area (TPSA) is 46.3 Å². The van der Waals surface area contributed by atoms with Gasteiger partial charge in [0.2, 0.25) is 5.91 Å². The summed E-state index contributed by atoms with van der Waals surface area (Å²) in [6.07, 6.45) is 7.94. The molecule has 0 spiro atoms. The van der Waals surface area contributed by atoms with Crippen molar-refractivity contribution in [3.05, 3.63) is 0 Å². The van der Waals surface area contributed by atoms with Crippen molar-refractivity contribution in [3.8, 4) is 0 Å². The lowest BCUT2D eigenvalue weighted by atomic mass is 10.2. The molecule has 0 bridgehead atoms. The molecule has 3 nitrogen and oxygen atoms in total. The highest BCUT2D eigenvalue weighted by molar-refractivity contribution is 7.98. The molecule has 2 N–H and O–H groups in total. The molecular formula is C11H22N2OS. The summed E-state index contributed by atoms with van der Waals surface area (Å²) in [5.74, 6) is 1.41. The highest BCUT2D eigenvalue weighted by Gasteiger charge is 2.27. The molecule has 1 heterocycles. The van der Waals surface area contributed by atoms with Crippen molar-refractivity contribution in [2.75, 3.05) is 25.1 Å². The van der Waals surface area contributed by atoms with Crippen molar-refractivity contribution >= 4 is 17.7 Å². The zero-order chi connectivity index (χ0) is 11.1. The van der Waals surface area contributed by atoms with Crippen LogP contribution in [0.1, 0.15) is 32.1 Å².